The van der Waals surface area contributed by atoms with E-state index in [4.69, 9.17) is 4.74 Å². The van der Waals surface area contributed by atoms with E-state index < -0.39 is 17.0 Å². The first-order valence-electron chi connectivity index (χ1n) is 6.12. The summed E-state index contributed by atoms with van der Waals surface area (Å²) in [6.45, 7) is 0.853. The molecule has 8 nitrogen and oxygen atoms in total. The van der Waals surface area contributed by atoms with E-state index in [9.17, 15) is 20.0 Å². The highest BCUT2D eigenvalue weighted by atomic mass is 16.6. The molecule has 0 radical (unpaired) electrons. The highest BCUT2D eigenvalue weighted by Crippen LogP contribution is 2.18. The van der Waals surface area contributed by atoms with Crippen LogP contribution in [0.3, 0.4) is 0 Å². The molecule has 0 bridgehead atoms. The highest BCUT2D eigenvalue weighted by Gasteiger charge is 2.26. The molecule has 1 aliphatic rings. The number of benzene rings is 1. The van der Waals surface area contributed by atoms with Crippen LogP contribution in [0.1, 0.15) is 0 Å². The Morgan fingerprint density at radius 2 is 2.40 bits per heavy atom. The number of nitrogens with zero attached hydrogens (tertiary/aromatic N) is 2. The van der Waals surface area contributed by atoms with E-state index in [1.165, 1.54) is 23.1 Å². The molecular weight excluding hydrogens is 266 g/mol. The van der Waals surface area contributed by atoms with E-state index in [1.54, 1.807) is 6.07 Å². The second kappa shape index (κ2) is 6.31. The third-order valence-electron chi connectivity index (χ3n) is 3.01. The molecule has 1 saturated heterocycles. The van der Waals surface area contributed by atoms with Crippen molar-refractivity contribution in [2.45, 2.75) is 6.04 Å². The lowest BCUT2D eigenvalue weighted by atomic mass is 10.2. The van der Waals surface area contributed by atoms with Gasteiger partial charge in [0.05, 0.1) is 30.8 Å². The number of rotatable bonds is 3. The molecule has 1 aromatic rings. The van der Waals surface area contributed by atoms with Gasteiger partial charge >= 0.3 is 6.03 Å². The Morgan fingerprint density at radius 3 is 3.10 bits per heavy atom. The molecule has 1 aromatic carbocycles. The molecule has 0 aromatic heterocycles. The van der Waals surface area contributed by atoms with Gasteiger partial charge in [-0.15, -0.1) is 0 Å². The molecule has 2 N–H and O–H groups in total. The smallest absolute Gasteiger partial charge is 0.322 e. The van der Waals surface area contributed by atoms with Crippen LogP contribution in [0.2, 0.25) is 0 Å². The van der Waals surface area contributed by atoms with Crippen molar-refractivity contribution in [3.8, 4) is 0 Å². The van der Waals surface area contributed by atoms with Crippen LogP contribution >= 0.6 is 0 Å². The van der Waals surface area contributed by atoms with E-state index in [0.717, 1.165) is 0 Å². The average molecular weight is 281 g/mol. The van der Waals surface area contributed by atoms with Gasteiger partial charge in [0, 0.05) is 24.4 Å². The Hall–Kier alpha value is -2.19. The van der Waals surface area contributed by atoms with Crippen molar-refractivity contribution in [1.29, 1.82) is 0 Å². The van der Waals surface area contributed by atoms with Gasteiger partial charge in [0.15, 0.2) is 0 Å². The van der Waals surface area contributed by atoms with Gasteiger partial charge in [0.2, 0.25) is 0 Å². The number of ether oxygens (including phenoxy) is 1. The third-order valence-corrected chi connectivity index (χ3v) is 3.01. The number of non-ortho nitro benzene ring substituents is 1. The molecule has 2 rings (SSSR count). The summed E-state index contributed by atoms with van der Waals surface area (Å²) in [5, 5.41) is 22.5. The number of nitro groups is 1. The molecule has 2 amide bonds. The van der Waals surface area contributed by atoms with Crippen LogP contribution in [0.25, 0.3) is 0 Å². The molecule has 1 aliphatic heterocycles. The molecule has 0 saturated carbocycles. The number of anilines is 1. The van der Waals surface area contributed by atoms with Crippen LogP contribution in [0.15, 0.2) is 24.3 Å². The zero-order valence-electron chi connectivity index (χ0n) is 10.7. The Morgan fingerprint density at radius 1 is 1.60 bits per heavy atom. The van der Waals surface area contributed by atoms with Gasteiger partial charge in [-0.05, 0) is 6.07 Å². The number of morpholine rings is 1. The fraction of sp³-hybridized carbons (Fsp3) is 0.417. The zero-order valence-corrected chi connectivity index (χ0v) is 10.7. The van der Waals surface area contributed by atoms with Crippen molar-refractivity contribution in [3.63, 3.8) is 0 Å². The van der Waals surface area contributed by atoms with E-state index in [-0.39, 0.29) is 18.9 Å². The predicted molar refractivity (Wildman–Crippen MR) is 70.5 cm³/mol. The monoisotopic (exact) mass is 281 g/mol. The topological polar surface area (TPSA) is 105 Å². The lowest BCUT2D eigenvalue weighted by Crippen LogP contribution is -2.52. The van der Waals surface area contributed by atoms with Crippen molar-refractivity contribution in [3.05, 3.63) is 34.4 Å². The molecule has 0 aliphatic carbocycles. The van der Waals surface area contributed by atoms with E-state index >= 15 is 0 Å². The number of urea groups is 1. The number of hydrogen-bond donors (Lipinski definition) is 2. The standard InChI is InChI=1S/C12H15N3O5/c16-7-11-8-20-5-4-14(11)12(17)13-9-2-1-3-10(6-9)15(18)19/h1-3,6,11,16H,4-5,7-8H2,(H,13,17). The number of hydrogen-bond acceptors (Lipinski definition) is 5. The number of aliphatic hydroxyl groups excluding tert-OH is 1. The summed E-state index contributed by atoms with van der Waals surface area (Å²) in [4.78, 5) is 23.7. The minimum absolute atomic E-state index is 0.0940. The largest absolute Gasteiger partial charge is 0.394 e. The lowest BCUT2D eigenvalue weighted by Gasteiger charge is -2.34. The zero-order chi connectivity index (χ0) is 14.5. The quantitative estimate of drug-likeness (QED) is 0.630. The van der Waals surface area contributed by atoms with Gasteiger partial charge < -0.3 is 20.1 Å². The fourth-order valence-electron chi connectivity index (χ4n) is 1.97. The number of aliphatic hydroxyl groups is 1. The first kappa shape index (κ1) is 14.2. The SMILES string of the molecule is O=C(Nc1cccc([N+](=O)[O-])c1)N1CCOCC1CO. The maximum absolute atomic E-state index is 12.1. The summed E-state index contributed by atoms with van der Waals surface area (Å²) in [6, 6.07) is 4.89. The molecule has 20 heavy (non-hydrogen) atoms. The maximum atomic E-state index is 12.1. The second-order valence-corrected chi connectivity index (χ2v) is 4.34. The molecule has 1 heterocycles. The molecule has 1 atom stereocenters. The van der Waals surface area contributed by atoms with Gasteiger partial charge in [-0.1, -0.05) is 6.07 Å². The Balaban J connectivity index is 2.06. The lowest BCUT2D eigenvalue weighted by molar-refractivity contribution is -0.384. The molecule has 0 spiro atoms. The van der Waals surface area contributed by atoms with Gasteiger partial charge in [-0.2, -0.15) is 0 Å². The summed E-state index contributed by atoms with van der Waals surface area (Å²) < 4.78 is 5.18. The summed E-state index contributed by atoms with van der Waals surface area (Å²) in [6.07, 6.45) is 0. The van der Waals surface area contributed by atoms with Crippen LogP contribution in [0.5, 0.6) is 0 Å². The molecule has 1 unspecified atom stereocenters. The van der Waals surface area contributed by atoms with Crippen LogP contribution in [0, 0.1) is 10.1 Å². The van der Waals surface area contributed by atoms with Crippen LogP contribution in [-0.2, 0) is 4.74 Å². The van der Waals surface area contributed by atoms with E-state index in [0.29, 0.717) is 18.8 Å². The van der Waals surface area contributed by atoms with Crippen molar-refractivity contribution in [2.75, 3.05) is 31.7 Å². The van der Waals surface area contributed by atoms with Gasteiger partial charge in [-0.25, -0.2) is 4.79 Å². The fourth-order valence-corrected chi connectivity index (χ4v) is 1.97. The van der Waals surface area contributed by atoms with Gasteiger partial charge in [0.25, 0.3) is 5.69 Å². The highest BCUT2D eigenvalue weighted by molar-refractivity contribution is 5.90. The Bertz CT molecular complexity index is 508. The maximum Gasteiger partial charge on any atom is 0.322 e. The summed E-state index contributed by atoms with van der Waals surface area (Å²) >= 11 is 0. The molecule has 8 heteroatoms. The van der Waals surface area contributed by atoms with Crippen LogP contribution < -0.4 is 5.32 Å². The molecule has 1 fully saturated rings. The second-order valence-electron chi connectivity index (χ2n) is 4.34. The van der Waals surface area contributed by atoms with Crippen molar-refractivity contribution < 1.29 is 19.6 Å². The number of carbonyl (C=O) groups is 1. The first-order chi connectivity index (χ1) is 9.61. The van der Waals surface area contributed by atoms with Gasteiger partial charge in [-0.3, -0.25) is 10.1 Å². The molecular formula is C12H15N3O5. The van der Waals surface area contributed by atoms with Crippen molar-refractivity contribution in [1.82, 2.24) is 4.90 Å². The summed E-state index contributed by atoms with van der Waals surface area (Å²) in [5.74, 6) is 0. The van der Waals surface area contributed by atoms with Crippen LogP contribution in [0.4, 0.5) is 16.2 Å². The third kappa shape index (κ3) is 3.22. The van der Waals surface area contributed by atoms with Crippen molar-refractivity contribution >= 4 is 17.4 Å². The molecule has 108 valence electrons. The predicted octanol–water partition coefficient (Wildman–Crippen LogP) is 0.820. The summed E-state index contributed by atoms with van der Waals surface area (Å²) in [5.41, 5.74) is 0.246. The average Bonchev–Trinajstić information content (AvgIpc) is 2.47. The Labute approximate surface area is 115 Å². The van der Waals surface area contributed by atoms with E-state index in [1.807, 2.05) is 0 Å². The van der Waals surface area contributed by atoms with E-state index in [2.05, 4.69) is 5.32 Å². The minimum Gasteiger partial charge on any atom is -0.394 e. The number of nitrogens with one attached hydrogen (secondary N) is 1. The van der Waals surface area contributed by atoms with Crippen LogP contribution in [-0.4, -0.2) is 53.4 Å². The number of amides is 2. The number of nitro benzene ring substituents is 1. The minimum atomic E-state index is -0.527. The van der Waals surface area contributed by atoms with Crippen molar-refractivity contribution in [2.24, 2.45) is 0 Å². The summed E-state index contributed by atoms with van der Waals surface area (Å²) in [7, 11) is 0. The normalized spacial score (nSPS) is 18.6. The Kier molecular flexibility index (Phi) is 4.49. The number of carbonyl (C=O) groups excluding carboxylic acids is 1. The van der Waals surface area contributed by atoms with Gasteiger partial charge in [0.1, 0.15) is 0 Å². The first-order valence-corrected chi connectivity index (χ1v) is 6.12.